The van der Waals surface area contributed by atoms with Crippen molar-refractivity contribution in [1.29, 1.82) is 5.26 Å². The third-order valence-corrected chi connectivity index (χ3v) is 1.90. The molecule has 16 heavy (non-hydrogen) atoms. The third kappa shape index (κ3) is 3.17. The normalized spacial score (nSPS) is 11.9. The molecule has 3 nitrogen and oxygen atoms in total. The number of nitrogens with two attached hydrogens (primary N) is 1. The number of hydrogen-bond donors (Lipinski definition) is 1. The Bertz CT molecular complexity index is 390. The Kier molecular flexibility index (Phi) is 4.20. The van der Waals surface area contributed by atoms with Gasteiger partial charge in [0.15, 0.2) is 24.0 Å². The van der Waals surface area contributed by atoms with E-state index < -0.39 is 17.4 Å². The molecule has 0 aromatic heterocycles. The van der Waals surface area contributed by atoms with E-state index in [2.05, 4.69) is 4.74 Å². The summed E-state index contributed by atoms with van der Waals surface area (Å²) >= 11 is 0. The highest BCUT2D eigenvalue weighted by Gasteiger charge is 2.13. The van der Waals surface area contributed by atoms with Gasteiger partial charge in [-0.25, -0.2) is 8.78 Å². The lowest BCUT2D eigenvalue weighted by molar-refractivity contribution is 0.324. The second-order valence-electron chi connectivity index (χ2n) is 3.52. The predicted molar refractivity (Wildman–Crippen MR) is 54.8 cm³/mol. The molecule has 0 fully saturated rings. The van der Waals surface area contributed by atoms with Crippen LogP contribution in [0.1, 0.15) is 12.5 Å². The maximum absolute atomic E-state index is 13.4. The van der Waals surface area contributed by atoms with Crippen molar-refractivity contribution in [2.75, 3.05) is 6.61 Å². The molecule has 0 aliphatic rings. The first-order valence-corrected chi connectivity index (χ1v) is 4.78. The molecule has 1 aromatic rings. The van der Waals surface area contributed by atoms with Crippen molar-refractivity contribution in [1.82, 2.24) is 0 Å². The van der Waals surface area contributed by atoms with E-state index in [0.29, 0.717) is 12.0 Å². The average molecular weight is 226 g/mol. The zero-order valence-corrected chi connectivity index (χ0v) is 8.84. The molecular weight excluding hydrogens is 214 g/mol. The molecule has 86 valence electrons. The van der Waals surface area contributed by atoms with Gasteiger partial charge in [0.25, 0.3) is 0 Å². The molecule has 1 aromatic carbocycles. The fourth-order valence-corrected chi connectivity index (χ4v) is 1.34. The first kappa shape index (κ1) is 12.4. The van der Waals surface area contributed by atoms with E-state index in [1.807, 2.05) is 0 Å². The maximum atomic E-state index is 13.4. The molecule has 0 saturated heterocycles. The van der Waals surface area contributed by atoms with Crippen LogP contribution in [-0.2, 0) is 6.42 Å². The van der Waals surface area contributed by atoms with Crippen molar-refractivity contribution < 1.29 is 13.5 Å². The average Bonchev–Trinajstić information content (AvgIpc) is 2.15. The van der Waals surface area contributed by atoms with Crippen LogP contribution in [0.5, 0.6) is 5.75 Å². The summed E-state index contributed by atoms with van der Waals surface area (Å²) in [7, 11) is 0. The highest BCUT2D eigenvalue weighted by Crippen LogP contribution is 2.23. The van der Waals surface area contributed by atoms with E-state index in [4.69, 9.17) is 11.0 Å². The molecule has 0 spiro atoms. The number of nitrogens with zero attached hydrogens (tertiary/aromatic N) is 1. The van der Waals surface area contributed by atoms with E-state index in [9.17, 15) is 8.78 Å². The molecule has 1 rings (SSSR count). The summed E-state index contributed by atoms with van der Waals surface area (Å²) in [5.74, 6) is -2.15. The Morgan fingerprint density at radius 3 is 2.44 bits per heavy atom. The van der Waals surface area contributed by atoms with E-state index in [1.54, 1.807) is 13.0 Å². The van der Waals surface area contributed by atoms with Gasteiger partial charge in [-0.2, -0.15) is 5.26 Å². The lowest BCUT2D eigenvalue weighted by Gasteiger charge is -2.09. The van der Waals surface area contributed by atoms with Crippen molar-refractivity contribution >= 4 is 0 Å². The fraction of sp³-hybridized carbons (Fsp3) is 0.364. The van der Waals surface area contributed by atoms with E-state index >= 15 is 0 Å². The largest absolute Gasteiger partial charge is 0.473 e. The van der Waals surface area contributed by atoms with Crippen LogP contribution in [0.3, 0.4) is 0 Å². The Morgan fingerprint density at radius 1 is 1.44 bits per heavy atom. The Hall–Kier alpha value is -1.67. The van der Waals surface area contributed by atoms with Crippen molar-refractivity contribution in [2.45, 2.75) is 19.4 Å². The van der Waals surface area contributed by atoms with Gasteiger partial charge in [-0.05, 0) is 31.0 Å². The summed E-state index contributed by atoms with van der Waals surface area (Å²) in [6.45, 7) is 1.36. The summed E-state index contributed by atoms with van der Waals surface area (Å²) in [6.07, 6.45) is 0.381. The molecule has 0 aliphatic heterocycles. The van der Waals surface area contributed by atoms with Gasteiger partial charge in [-0.15, -0.1) is 0 Å². The summed E-state index contributed by atoms with van der Waals surface area (Å²) in [6, 6.07) is 3.80. The zero-order valence-electron chi connectivity index (χ0n) is 8.84. The van der Waals surface area contributed by atoms with Gasteiger partial charge in [0.2, 0.25) is 0 Å². The van der Waals surface area contributed by atoms with Gasteiger partial charge in [0.1, 0.15) is 6.07 Å². The van der Waals surface area contributed by atoms with Crippen LogP contribution in [-0.4, -0.2) is 12.6 Å². The van der Waals surface area contributed by atoms with Gasteiger partial charge >= 0.3 is 0 Å². The van der Waals surface area contributed by atoms with Crippen molar-refractivity contribution in [3.63, 3.8) is 0 Å². The number of ether oxygens (including phenoxy) is 1. The first-order valence-electron chi connectivity index (χ1n) is 4.78. The first-order chi connectivity index (χ1) is 7.54. The molecule has 2 N–H and O–H groups in total. The highest BCUT2D eigenvalue weighted by atomic mass is 19.1. The van der Waals surface area contributed by atoms with Gasteiger partial charge < -0.3 is 10.5 Å². The number of benzene rings is 1. The van der Waals surface area contributed by atoms with E-state index in [1.165, 1.54) is 12.1 Å². The predicted octanol–water partition coefficient (Wildman–Crippen LogP) is 1.76. The highest BCUT2D eigenvalue weighted by molar-refractivity contribution is 5.32. The second kappa shape index (κ2) is 5.42. The minimum absolute atomic E-state index is 0.176. The molecule has 5 heteroatoms. The molecule has 0 heterocycles. The molecule has 0 bridgehead atoms. The quantitative estimate of drug-likeness (QED) is 0.850. The lowest BCUT2D eigenvalue weighted by atomic mass is 10.1. The number of halogens is 2. The Morgan fingerprint density at radius 2 is 2.00 bits per heavy atom. The Balaban J connectivity index is 2.94. The second-order valence-corrected chi connectivity index (χ2v) is 3.52. The topological polar surface area (TPSA) is 59.0 Å². The van der Waals surface area contributed by atoms with Crippen LogP contribution in [0.4, 0.5) is 8.78 Å². The van der Waals surface area contributed by atoms with Gasteiger partial charge in [0, 0.05) is 6.04 Å². The van der Waals surface area contributed by atoms with E-state index in [-0.39, 0.29) is 12.6 Å². The minimum atomic E-state index is -0.814. The molecular formula is C11H12F2N2O. The molecule has 0 radical (unpaired) electrons. The van der Waals surface area contributed by atoms with Crippen molar-refractivity contribution in [3.05, 3.63) is 29.3 Å². The number of nitriles is 1. The summed E-state index contributed by atoms with van der Waals surface area (Å²) in [4.78, 5) is 0. The number of hydrogen-bond acceptors (Lipinski definition) is 3. The van der Waals surface area contributed by atoms with Crippen LogP contribution in [0.15, 0.2) is 12.1 Å². The fourth-order valence-electron chi connectivity index (χ4n) is 1.34. The van der Waals surface area contributed by atoms with Gasteiger partial charge in [-0.1, -0.05) is 0 Å². The Labute approximate surface area is 92.4 Å². The molecule has 0 aliphatic carbocycles. The third-order valence-electron chi connectivity index (χ3n) is 1.90. The molecule has 1 atom stereocenters. The summed E-state index contributed by atoms with van der Waals surface area (Å²) < 4.78 is 31.4. The summed E-state index contributed by atoms with van der Waals surface area (Å²) in [5, 5.41) is 8.25. The van der Waals surface area contributed by atoms with Gasteiger partial charge in [-0.3, -0.25) is 0 Å². The standard InChI is InChI=1S/C11H12F2N2O/c1-7(15)4-8-5-9(12)11(10(13)6-8)16-3-2-14/h5-7H,3-4,15H2,1H3. The summed E-state index contributed by atoms with van der Waals surface area (Å²) in [5.41, 5.74) is 5.99. The van der Waals surface area contributed by atoms with Gasteiger partial charge in [0.05, 0.1) is 0 Å². The minimum Gasteiger partial charge on any atom is -0.473 e. The van der Waals surface area contributed by atoms with Crippen LogP contribution in [0.25, 0.3) is 0 Å². The van der Waals surface area contributed by atoms with Crippen LogP contribution >= 0.6 is 0 Å². The smallest absolute Gasteiger partial charge is 0.192 e. The molecule has 1 unspecified atom stereocenters. The van der Waals surface area contributed by atoms with Crippen molar-refractivity contribution in [3.8, 4) is 11.8 Å². The zero-order chi connectivity index (χ0) is 12.1. The maximum Gasteiger partial charge on any atom is 0.192 e. The monoisotopic (exact) mass is 226 g/mol. The molecule has 0 amide bonds. The molecule has 0 saturated carbocycles. The van der Waals surface area contributed by atoms with Crippen LogP contribution in [0.2, 0.25) is 0 Å². The SMILES string of the molecule is CC(N)Cc1cc(F)c(OCC#N)c(F)c1. The van der Waals surface area contributed by atoms with E-state index in [0.717, 1.165) is 0 Å². The number of rotatable bonds is 4. The lowest BCUT2D eigenvalue weighted by Crippen LogP contribution is -2.18. The van der Waals surface area contributed by atoms with Crippen molar-refractivity contribution in [2.24, 2.45) is 5.73 Å². The van der Waals surface area contributed by atoms with Crippen LogP contribution < -0.4 is 10.5 Å². The van der Waals surface area contributed by atoms with Crippen LogP contribution in [0, 0.1) is 23.0 Å².